The summed E-state index contributed by atoms with van der Waals surface area (Å²) in [5, 5.41) is 6.89. The number of rotatable bonds is 4. The number of fused-ring (bicyclic) bond motifs is 1. The number of hydrogen-bond acceptors (Lipinski definition) is 4. The van der Waals surface area contributed by atoms with Crippen LogP contribution in [-0.4, -0.2) is 44.1 Å². The quantitative estimate of drug-likeness (QED) is 0.854. The summed E-state index contributed by atoms with van der Waals surface area (Å²) in [5.41, 5.74) is 1.83. The standard InChI is InChI=1S/C18H25N3O4S/c1-12-15-6-4-5-7-16(15)25-17(12)13(2)19-18(22)20-14-8-10-21(11-9-14)26(3,23)24/h4-7,13-14H,8-11H2,1-3H3,(H2,19,20,22)/t13-/m1/s1. The van der Waals surface area contributed by atoms with Gasteiger partial charge in [0.05, 0.1) is 12.3 Å². The molecule has 2 amide bonds. The Morgan fingerprint density at radius 3 is 2.54 bits per heavy atom. The summed E-state index contributed by atoms with van der Waals surface area (Å²) in [6.45, 7) is 4.73. The lowest BCUT2D eigenvalue weighted by Gasteiger charge is -2.30. The molecule has 1 atom stereocenters. The zero-order chi connectivity index (χ0) is 18.9. The Hall–Kier alpha value is -2.06. The summed E-state index contributed by atoms with van der Waals surface area (Å²) in [4.78, 5) is 12.3. The highest BCUT2D eigenvalue weighted by Crippen LogP contribution is 2.29. The van der Waals surface area contributed by atoms with Crippen molar-refractivity contribution in [3.05, 3.63) is 35.6 Å². The van der Waals surface area contributed by atoms with E-state index in [0.29, 0.717) is 25.9 Å². The molecule has 0 aliphatic carbocycles. The predicted molar refractivity (Wildman–Crippen MR) is 100 cm³/mol. The highest BCUT2D eigenvalue weighted by molar-refractivity contribution is 7.88. The number of urea groups is 1. The third-order valence-electron chi connectivity index (χ3n) is 4.88. The number of amides is 2. The maximum Gasteiger partial charge on any atom is 0.315 e. The first-order chi connectivity index (χ1) is 12.3. The number of benzene rings is 1. The zero-order valence-corrected chi connectivity index (χ0v) is 16.1. The van der Waals surface area contributed by atoms with Crippen LogP contribution in [0, 0.1) is 6.92 Å². The van der Waals surface area contributed by atoms with Gasteiger partial charge in [-0.2, -0.15) is 0 Å². The van der Waals surface area contributed by atoms with E-state index in [1.54, 1.807) is 0 Å². The van der Waals surface area contributed by atoms with Crippen LogP contribution >= 0.6 is 0 Å². The van der Waals surface area contributed by atoms with Crippen molar-refractivity contribution in [2.75, 3.05) is 19.3 Å². The van der Waals surface area contributed by atoms with E-state index in [9.17, 15) is 13.2 Å². The summed E-state index contributed by atoms with van der Waals surface area (Å²) < 4.78 is 30.4. The number of sulfonamides is 1. The summed E-state index contributed by atoms with van der Waals surface area (Å²) in [6, 6.07) is 7.23. The molecular weight excluding hydrogens is 354 g/mol. The molecule has 7 nitrogen and oxygen atoms in total. The number of aryl methyl sites for hydroxylation is 1. The Bertz CT molecular complexity index is 898. The van der Waals surface area contributed by atoms with E-state index in [0.717, 1.165) is 22.3 Å². The minimum atomic E-state index is -3.16. The smallest absolute Gasteiger partial charge is 0.315 e. The fraction of sp³-hybridized carbons (Fsp3) is 0.500. The molecule has 0 spiro atoms. The summed E-state index contributed by atoms with van der Waals surface area (Å²) >= 11 is 0. The molecule has 0 unspecified atom stereocenters. The van der Waals surface area contributed by atoms with Crippen molar-refractivity contribution < 1.29 is 17.6 Å². The van der Waals surface area contributed by atoms with E-state index < -0.39 is 10.0 Å². The minimum absolute atomic E-state index is 0.0306. The van der Waals surface area contributed by atoms with E-state index in [1.165, 1.54) is 10.6 Å². The number of nitrogens with zero attached hydrogens (tertiary/aromatic N) is 1. The van der Waals surface area contributed by atoms with Crippen LogP contribution in [0.25, 0.3) is 11.0 Å². The maximum atomic E-state index is 12.3. The topological polar surface area (TPSA) is 91.7 Å². The Kier molecular flexibility index (Phi) is 5.24. The molecule has 0 saturated carbocycles. The van der Waals surface area contributed by atoms with Gasteiger partial charge in [-0.3, -0.25) is 0 Å². The van der Waals surface area contributed by atoms with Crippen LogP contribution in [0.2, 0.25) is 0 Å². The maximum absolute atomic E-state index is 12.3. The van der Waals surface area contributed by atoms with Gasteiger partial charge in [-0.25, -0.2) is 17.5 Å². The van der Waals surface area contributed by atoms with E-state index in [4.69, 9.17) is 4.42 Å². The number of hydrogen-bond donors (Lipinski definition) is 2. The lowest BCUT2D eigenvalue weighted by molar-refractivity contribution is 0.223. The second-order valence-electron chi connectivity index (χ2n) is 6.86. The molecular formula is C18H25N3O4S. The molecule has 3 rings (SSSR count). The SMILES string of the molecule is Cc1c([C@@H](C)NC(=O)NC2CCN(S(C)(=O)=O)CC2)oc2ccccc12. The molecule has 8 heteroatoms. The van der Waals surface area contributed by atoms with E-state index in [-0.39, 0.29) is 18.1 Å². The Labute approximate surface area is 153 Å². The molecule has 2 heterocycles. The normalized spacial score (nSPS) is 18.0. The number of piperidine rings is 1. The lowest BCUT2D eigenvalue weighted by Crippen LogP contribution is -2.49. The molecule has 1 aromatic carbocycles. The average molecular weight is 379 g/mol. The van der Waals surface area contributed by atoms with Gasteiger partial charge in [0.2, 0.25) is 10.0 Å². The van der Waals surface area contributed by atoms with E-state index in [2.05, 4.69) is 10.6 Å². The number of furan rings is 1. The second-order valence-corrected chi connectivity index (χ2v) is 8.85. The van der Waals surface area contributed by atoms with Crippen LogP contribution < -0.4 is 10.6 Å². The third kappa shape index (κ3) is 4.02. The molecule has 1 aliphatic rings. The van der Waals surface area contributed by atoms with Crippen molar-refractivity contribution >= 4 is 27.0 Å². The molecule has 2 aromatic rings. The van der Waals surface area contributed by atoms with Gasteiger partial charge in [0, 0.05) is 30.1 Å². The number of carbonyl (C=O) groups is 1. The number of para-hydroxylation sites is 1. The molecule has 0 radical (unpaired) electrons. The van der Waals surface area contributed by atoms with E-state index >= 15 is 0 Å². The van der Waals surface area contributed by atoms with Crippen molar-refractivity contribution in [1.82, 2.24) is 14.9 Å². The highest BCUT2D eigenvalue weighted by Gasteiger charge is 2.26. The Morgan fingerprint density at radius 2 is 1.92 bits per heavy atom. The van der Waals surface area contributed by atoms with Gasteiger partial charge in [0.1, 0.15) is 11.3 Å². The van der Waals surface area contributed by atoms with Crippen molar-refractivity contribution in [1.29, 1.82) is 0 Å². The van der Waals surface area contributed by atoms with Gasteiger partial charge in [-0.05, 0) is 32.8 Å². The second kappa shape index (κ2) is 7.28. The summed E-state index contributed by atoms with van der Waals surface area (Å²) in [7, 11) is -3.16. The molecule has 1 aliphatic heterocycles. The zero-order valence-electron chi connectivity index (χ0n) is 15.3. The average Bonchev–Trinajstić information content (AvgIpc) is 2.92. The molecule has 2 N–H and O–H groups in total. The summed E-state index contributed by atoms with van der Waals surface area (Å²) in [5.74, 6) is 0.744. The van der Waals surface area contributed by atoms with Gasteiger partial charge < -0.3 is 15.1 Å². The third-order valence-corrected chi connectivity index (χ3v) is 6.18. The van der Waals surface area contributed by atoms with Gasteiger partial charge in [0.15, 0.2) is 0 Å². The number of nitrogens with one attached hydrogen (secondary N) is 2. The fourth-order valence-corrected chi connectivity index (χ4v) is 4.30. The first-order valence-electron chi connectivity index (χ1n) is 8.76. The van der Waals surface area contributed by atoms with Crippen LogP contribution in [0.1, 0.15) is 37.1 Å². The van der Waals surface area contributed by atoms with Crippen LogP contribution in [0.4, 0.5) is 4.79 Å². The van der Waals surface area contributed by atoms with Gasteiger partial charge in [-0.1, -0.05) is 18.2 Å². The summed E-state index contributed by atoms with van der Waals surface area (Å²) in [6.07, 6.45) is 2.43. The monoisotopic (exact) mass is 379 g/mol. The van der Waals surface area contributed by atoms with Gasteiger partial charge >= 0.3 is 6.03 Å². The molecule has 0 bridgehead atoms. The molecule has 1 aromatic heterocycles. The molecule has 26 heavy (non-hydrogen) atoms. The van der Waals surface area contributed by atoms with Crippen LogP contribution in [-0.2, 0) is 10.0 Å². The van der Waals surface area contributed by atoms with Crippen LogP contribution in [0.5, 0.6) is 0 Å². The van der Waals surface area contributed by atoms with Crippen molar-refractivity contribution in [3.63, 3.8) is 0 Å². The number of carbonyl (C=O) groups excluding carboxylic acids is 1. The first-order valence-corrected chi connectivity index (χ1v) is 10.6. The Balaban J connectivity index is 1.57. The van der Waals surface area contributed by atoms with Crippen molar-refractivity contribution in [2.24, 2.45) is 0 Å². The molecule has 1 fully saturated rings. The Morgan fingerprint density at radius 1 is 1.27 bits per heavy atom. The van der Waals surface area contributed by atoms with Gasteiger partial charge in [-0.15, -0.1) is 0 Å². The first kappa shape index (κ1) is 18.7. The van der Waals surface area contributed by atoms with Gasteiger partial charge in [0.25, 0.3) is 0 Å². The highest BCUT2D eigenvalue weighted by atomic mass is 32.2. The van der Waals surface area contributed by atoms with Crippen molar-refractivity contribution in [3.8, 4) is 0 Å². The van der Waals surface area contributed by atoms with Crippen LogP contribution in [0.15, 0.2) is 28.7 Å². The molecule has 1 saturated heterocycles. The van der Waals surface area contributed by atoms with Crippen LogP contribution in [0.3, 0.4) is 0 Å². The minimum Gasteiger partial charge on any atom is -0.459 e. The fourth-order valence-electron chi connectivity index (χ4n) is 3.43. The van der Waals surface area contributed by atoms with Crippen molar-refractivity contribution in [2.45, 2.75) is 38.8 Å². The van der Waals surface area contributed by atoms with E-state index in [1.807, 2.05) is 38.1 Å². The molecule has 142 valence electrons. The predicted octanol–water partition coefficient (Wildman–Crippen LogP) is 2.53. The largest absolute Gasteiger partial charge is 0.459 e. The lowest BCUT2D eigenvalue weighted by atomic mass is 10.1.